The molecule has 11 heteroatoms. The van der Waals surface area contributed by atoms with E-state index in [2.05, 4.69) is 5.32 Å². The molecule has 152 valence electrons. The van der Waals surface area contributed by atoms with Crippen molar-refractivity contribution in [3.05, 3.63) is 0 Å². The second-order valence-corrected chi connectivity index (χ2v) is 6.58. The molecule has 0 bridgehead atoms. The van der Waals surface area contributed by atoms with Gasteiger partial charge in [0.15, 0.2) is 6.29 Å². The summed E-state index contributed by atoms with van der Waals surface area (Å²) in [6.45, 7) is 1.74. The summed E-state index contributed by atoms with van der Waals surface area (Å²) in [6.07, 6.45) is -11.7. The van der Waals surface area contributed by atoms with E-state index in [1.54, 1.807) is 6.92 Å². The van der Waals surface area contributed by atoms with Crippen LogP contribution in [0.4, 0.5) is 0 Å². The zero-order valence-electron chi connectivity index (χ0n) is 14.5. The molecule has 10 atom stereocenters. The molecular formula is C15H27NO10. The standard InChI is InChI=1S/C15H27NO10/c1-5-9(16-6(2)19)14(11(21)8(4-18)24-5)26-15-13(23)12(22)10(20)7(3-17)25-15/h5,7-15,17-18,20-23H,3-4H2,1-2H3,(H,16,19)/t5?,7?,8?,9?,10-,11+,12-,13?,14+,15-/m0/s1. The summed E-state index contributed by atoms with van der Waals surface area (Å²) < 4.78 is 16.4. The molecule has 2 saturated heterocycles. The van der Waals surface area contributed by atoms with Gasteiger partial charge in [0.1, 0.15) is 42.7 Å². The normalized spacial score (nSPS) is 46.8. The summed E-state index contributed by atoms with van der Waals surface area (Å²) in [6, 6.07) is -0.835. The maximum absolute atomic E-state index is 11.5. The third kappa shape index (κ3) is 4.32. The number of ether oxygens (including phenoxy) is 3. The highest BCUT2D eigenvalue weighted by Crippen LogP contribution is 2.29. The van der Waals surface area contributed by atoms with E-state index in [9.17, 15) is 35.4 Å². The summed E-state index contributed by atoms with van der Waals surface area (Å²) in [5.74, 6) is -0.414. The van der Waals surface area contributed by atoms with E-state index in [4.69, 9.17) is 14.2 Å². The van der Waals surface area contributed by atoms with Crippen LogP contribution in [0.25, 0.3) is 0 Å². The summed E-state index contributed by atoms with van der Waals surface area (Å²) >= 11 is 0. The Bertz CT molecular complexity index is 477. The Morgan fingerprint density at radius 3 is 2.08 bits per heavy atom. The molecule has 2 fully saturated rings. The van der Waals surface area contributed by atoms with E-state index in [1.807, 2.05) is 0 Å². The fourth-order valence-corrected chi connectivity index (χ4v) is 3.22. The van der Waals surface area contributed by atoms with Crippen molar-refractivity contribution in [3.63, 3.8) is 0 Å². The third-order valence-corrected chi connectivity index (χ3v) is 4.66. The Morgan fingerprint density at radius 2 is 1.54 bits per heavy atom. The molecule has 26 heavy (non-hydrogen) atoms. The van der Waals surface area contributed by atoms with Gasteiger partial charge >= 0.3 is 0 Å². The van der Waals surface area contributed by atoms with Crippen molar-refractivity contribution in [1.29, 1.82) is 0 Å². The SMILES string of the molecule is CC(=O)NC1C(C)OC(CO)[C@@H](O)[C@@H]1O[C@@H]1OC(CO)[C@H](O)[C@H](O)C1O. The van der Waals surface area contributed by atoms with Gasteiger partial charge in [-0.05, 0) is 6.92 Å². The predicted octanol–water partition coefficient (Wildman–Crippen LogP) is -4.18. The number of aliphatic hydroxyl groups is 6. The lowest BCUT2D eigenvalue weighted by Gasteiger charge is -2.47. The highest BCUT2D eigenvalue weighted by atomic mass is 16.7. The molecule has 0 saturated carbocycles. The van der Waals surface area contributed by atoms with E-state index in [-0.39, 0.29) is 0 Å². The fraction of sp³-hybridized carbons (Fsp3) is 0.933. The Hall–Kier alpha value is -0.890. The second kappa shape index (κ2) is 8.87. The van der Waals surface area contributed by atoms with Crippen molar-refractivity contribution < 1.29 is 49.6 Å². The first kappa shape index (κ1) is 21.4. The average molecular weight is 381 g/mol. The first-order valence-electron chi connectivity index (χ1n) is 8.38. The number of hydrogen-bond acceptors (Lipinski definition) is 10. The predicted molar refractivity (Wildman–Crippen MR) is 83.7 cm³/mol. The first-order valence-corrected chi connectivity index (χ1v) is 8.38. The van der Waals surface area contributed by atoms with Crippen LogP contribution in [0.5, 0.6) is 0 Å². The molecule has 2 aliphatic rings. The van der Waals surface area contributed by atoms with Gasteiger partial charge < -0.3 is 50.2 Å². The number of hydrogen-bond donors (Lipinski definition) is 7. The van der Waals surface area contributed by atoms with Gasteiger partial charge in [-0.3, -0.25) is 4.79 Å². The van der Waals surface area contributed by atoms with Crippen molar-refractivity contribution in [2.45, 2.75) is 75.0 Å². The molecule has 0 aromatic carbocycles. The van der Waals surface area contributed by atoms with Gasteiger partial charge in [-0.15, -0.1) is 0 Å². The number of rotatable bonds is 5. The first-order chi connectivity index (χ1) is 12.2. The molecule has 0 aromatic heterocycles. The zero-order valence-corrected chi connectivity index (χ0v) is 14.5. The molecule has 0 aromatic rings. The van der Waals surface area contributed by atoms with Crippen molar-refractivity contribution in [1.82, 2.24) is 5.32 Å². The summed E-state index contributed by atoms with van der Waals surface area (Å²) in [5, 5.41) is 61.4. The zero-order chi connectivity index (χ0) is 19.6. The van der Waals surface area contributed by atoms with E-state index in [0.29, 0.717) is 0 Å². The molecule has 2 heterocycles. The lowest BCUT2D eigenvalue weighted by atomic mass is 9.92. The van der Waals surface area contributed by atoms with Gasteiger partial charge in [0.25, 0.3) is 0 Å². The van der Waals surface area contributed by atoms with Crippen molar-refractivity contribution in [2.24, 2.45) is 0 Å². The van der Waals surface area contributed by atoms with Crippen LogP contribution >= 0.6 is 0 Å². The van der Waals surface area contributed by atoms with E-state index < -0.39 is 80.3 Å². The molecule has 2 rings (SSSR count). The van der Waals surface area contributed by atoms with E-state index in [1.165, 1.54) is 6.92 Å². The molecule has 0 aliphatic carbocycles. The lowest BCUT2D eigenvalue weighted by molar-refractivity contribution is -0.331. The molecular weight excluding hydrogens is 354 g/mol. The topological polar surface area (TPSA) is 178 Å². The Labute approximate surface area is 150 Å². The minimum atomic E-state index is -1.66. The number of carbonyl (C=O) groups excluding carboxylic acids is 1. The van der Waals surface area contributed by atoms with Crippen LogP contribution in [0.2, 0.25) is 0 Å². The third-order valence-electron chi connectivity index (χ3n) is 4.66. The quantitative estimate of drug-likeness (QED) is 0.247. The van der Waals surface area contributed by atoms with Gasteiger partial charge in [0, 0.05) is 6.92 Å². The number of amides is 1. The summed E-state index contributed by atoms with van der Waals surface area (Å²) in [5.41, 5.74) is 0. The molecule has 5 unspecified atom stereocenters. The monoisotopic (exact) mass is 381 g/mol. The fourth-order valence-electron chi connectivity index (χ4n) is 3.22. The second-order valence-electron chi connectivity index (χ2n) is 6.58. The summed E-state index contributed by atoms with van der Waals surface area (Å²) in [7, 11) is 0. The largest absolute Gasteiger partial charge is 0.394 e. The minimum absolute atomic E-state index is 0.414. The summed E-state index contributed by atoms with van der Waals surface area (Å²) in [4.78, 5) is 11.5. The van der Waals surface area contributed by atoms with Crippen molar-refractivity contribution in [3.8, 4) is 0 Å². The highest BCUT2D eigenvalue weighted by Gasteiger charge is 2.50. The molecule has 1 amide bonds. The van der Waals surface area contributed by atoms with Crippen LogP contribution in [-0.4, -0.2) is 111 Å². The van der Waals surface area contributed by atoms with Crippen LogP contribution in [0, 0.1) is 0 Å². The number of carbonyl (C=O) groups is 1. The minimum Gasteiger partial charge on any atom is -0.394 e. The van der Waals surface area contributed by atoms with Gasteiger partial charge in [-0.25, -0.2) is 0 Å². The maximum atomic E-state index is 11.5. The molecule has 7 N–H and O–H groups in total. The van der Waals surface area contributed by atoms with E-state index in [0.717, 1.165) is 0 Å². The van der Waals surface area contributed by atoms with Crippen LogP contribution < -0.4 is 5.32 Å². The van der Waals surface area contributed by atoms with Crippen LogP contribution in [0.3, 0.4) is 0 Å². The van der Waals surface area contributed by atoms with Crippen LogP contribution in [0.1, 0.15) is 13.8 Å². The smallest absolute Gasteiger partial charge is 0.217 e. The number of aliphatic hydroxyl groups excluding tert-OH is 6. The van der Waals surface area contributed by atoms with Gasteiger partial charge in [0.05, 0.1) is 25.4 Å². The molecule has 0 spiro atoms. The average Bonchev–Trinajstić information content (AvgIpc) is 2.60. The maximum Gasteiger partial charge on any atom is 0.217 e. The van der Waals surface area contributed by atoms with Crippen LogP contribution in [0.15, 0.2) is 0 Å². The van der Waals surface area contributed by atoms with Gasteiger partial charge in [0.2, 0.25) is 5.91 Å². The Balaban J connectivity index is 2.21. The number of nitrogens with one attached hydrogen (secondary N) is 1. The molecule has 0 radical (unpaired) electrons. The molecule has 2 aliphatic heterocycles. The Kier molecular flexibility index (Phi) is 7.30. The van der Waals surface area contributed by atoms with Crippen LogP contribution in [-0.2, 0) is 19.0 Å². The molecule has 11 nitrogen and oxygen atoms in total. The van der Waals surface area contributed by atoms with Crippen molar-refractivity contribution >= 4 is 5.91 Å². The van der Waals surface area contributed by atoms with E-state index >= 15 is 0 Å². The van der Waals surface area contributed by atoms with Crippen molar-refractivity contribution in [2.75, 3.05) is 13.2 Å². The highest BCUT2D eigenvalue weighted by molar-refractivity contribution is 5.73. The Morgan fingerprint density at radius 1 is 0.962 bits per heavy atom. The lowest BCUT2D eigenvalue weighted by Crippen LogP contribution is -2.67. The van der Waals surface area contributed by atoms with Gasteiger partial charge in [-0.2, -0.15) is 0 Å². The van der Waals surface area contributed by atoms with Gasteiger partial charge in [-0.1, -0.05) is 0 Å².